The van der Waals surface area contributed by atoms with Gasteiger partial charge in [0.05, 0.1) is 49.2 Å². The molecule has 15 atom stereocenters. The minimum Gasteiger partial charge on any atom is -0.448 e. The SMILES string of the molecule is CN[C@H](COC)[C@@H](O)[C@@H](O)C(=O)NCC[C@@H](C)c1nc(/C=C/C[C@H]2O[C@@]3(C[C@H](O)[C@H]2C)O[C@@H]([C@@H](C[C@@H](O)[C@@H](C)[C@@H](O)[C@@H](C)/C=C(C)/C(C)=C/C=C/C(C)=C\C#N)OC)[C@@H](OP(=O)(O)O)C3(C)C)co1. The van der Waals surface area contributed by atoms with Gasteiger partial charge < -0.3 is 69.3 Å². The number of aromatic nitrogens is 1. The number of ether oxygens (including phenoxy) is 4. The van der Waals surface area contributed by atoms with E-state index in [1.54, 1.807) is 33.9 Å². The van der Waals surface area contributed by atoms with Crippen LogP contribution < -0.4 is 10.6 Å². The Morgan fingerprint density at radius 3 is 2.38 bits per heavy atom. The van der Waals surface area contributed by atoms with E-state index in [9.17, 15) is 44.7 Å². The van der Waals surface area contributed by atoms with Crippen LogP contribution >= 0.6 is 7.82 Å². The Kier molecular flexibility index (Phi) is 23.3. The third-order valence-electron chi connectivity index (χ3n) is 13.8. The number of carbonyl (C=O) groups is 1. The molecule has 1 aromatic rings. The monoisotopic (exact) mass is 995 g/mol. The van der Waals surface area contributed by atoms with Crippen LogP contribution in [0, 0.1) is 34.5 Å². The van der Waals surface area contributed by atoms with E-state index < -0.39 is 97.7 Å². The summed E-state index contributed by atoms with van der Waals surface area (Å²) in [4.78, 5) is 37.4. The highest BCUT2D eigenvalue weighted by atomic mass is 31.2. The number of nitriles is 1. The van der Waals surface area contributed by atoms with Crippen molar-refractivity contribution < 1.29 is 72.6 Å². The van der Waals surface area contributed by atoms with E-state index in [1.807, 2.05) is 78.0 Å². The first-order valence-electron chi connectivity index (χ1n) is 23.5. The summed E-state index contributed by atoms with van der Waals surface area (Å²) in [6.45, 7) is 16.6. The third-order valence-corrected chi connectivity index (χ3v) is 14.3. The molecule has 1 aromatic heterocycles. The van der Waals surface area contributed by atoms with E-state index in [1.165, 1.54) is 26.6 Å². The summed E-state index contributed by atoms with van der Waals surface area (Å²) in [7, 11) is -0.735. The van der Waals surface area contributed by atoms with Crippen molar-refractivity contribution in [1.82, 2.24) is 15.6 Å². The topological polar surface area (TPSA) is 296 Å². The van der Waals surface area contributed by atoms with Crippen LogP contribution in [0.15, 0.2) is 63.9 Å². The Labute approximate surface area is 407 Å². The highest BCUT2D eigenvalue weighted by Crippen LogP contribution is 2.59. The number of allylic oxidation sites excluding steroid dienone is 7. The van der Waals surface area contributed by atoms with Gasteiger partial charge in [-0.25, -0.2) is 9.55 Å². The lowest BCUT2D eigenvalue weighted by Gasteiger charge is -2.50. The predicted octanol–water partition coefficient (Wildman–Crippen LogP) is 4.35. The number of phosphoric acid groups is 1. The maximum absolute atomic E-state index is 12.5. The summed E-state index contributed by atoms with van der Waals surface area (Å²) in [5.41, 5.74) is 1.87. The molecular formula is C49H79N4O15P. The maximum Gasteiger partial charge on any atom is 0.469 e. The van der Waals surface area contributed by atoms with Gasteiger partial charge in [-0.1, -0.05) is 77.5 Å². The fourth-order valence-corrected chi connectivity index (χ4v) is 9.46. The maximum atomic E-state index is 12.5. The van der Waals surface area contributed by atoms with Crippen molar-refractivity contribution in [2.75, 3.05) is 34.4 Å². The van der Waals surface area contributed by atoms with Gasteiger partial charge in [-0.05, 0) is 57.9 Å². The minimum atomic E-state index is -5.15. The number of carbonyl (C=O) groups excluding carboxylic acids is 1. The van der Waals surface area contributed by atoms with Gasteiger partial charge in [0.25, 0.3) is 5.91 Å². The predicted molar refractivity (Wildman–Crippen MR) is 258 cm³/mol. The molecule has 0 radical (unpaired) electrons. The highest BCUT2D eigenvalue weighted by Gasteiger charge is 2.68. The largest absolute Gasteiger partial charge is 0.469 e. The van der Waals surface area contributed by atoms with Gasteiger partial charge in [-0.3, -0.25) is 9.32 Å². The van der Waals surface area contributed by atoms with Crippen molar-refractivity contribution in [2.45, 2.75) is 161 Å². The molecule has 0 aliphatic carbocycles. The first-order valence-corrected chi connectivity index (χ1v) is 25.0. The average molecular weight is 995 g/mol. The smallest absolute Gasteiger partial charge is 0.448 e. The zero-order chi connectivity index (χ0) is 52.0. The van der Waals surface area contributed by atoms with Crippen LogP contribution in [0.25, 0.3) is 6.08 Å². The molecule has 0 saturated carbocycles. The van der Waals surface area contributed by atoms with Gasteiger partial charge in [0, 0.05) is 68.8 Å². The average Bonchev–Trinajstić information content (AvgIpc) is 3.84. The fourth-order valence-electron chi connectivity index (χ4n) is 8.78. The Hall–Kier alpha value is -3.42. The number of nitrogens with one attached hydrogen (secondary N) is 2. The number of aliphatic hydroxyl groups is 5. The molecule has 2 saturated heterocycles. The molecule has 69 heavy (non-hydrogen) atoms. The number of amides is 1. The van der Waals surface area contributed by atoms with Gasteiger partial charge in [0.1, 0.15) is 30.3 Å². The first-order chi connectivity index (χ1) is 32.3. The van der Waals surface area contributed by atoms with Gasteiger partial charge in [0.2, 0.25) is 0 Å². The number of rotatable bonds is 26. The minimum absolute atomic E-state index is 0.0646. The molecule has 1 amide bonds. The van der Waals surface area contributed by atoms with Crippen molar-refractivity contribution in [2.24, 2.45) is 23.2 Å². The summed E-state index contributed by atoms with van der Waals surface area (Å²) in [6, 6.07) is 1.35. The van der Waals surface area contributed by atoms with Crippen LogP contribution in [0.3, 0.4) is 0 Å². The number of likely N-dealkylation sites (N-methyl/N-ethyl adjacent to an activating group) is 1. The second kappa shape index (κ2) is 26.9. The number of hydrogen-bond donors (Lipinski definition) is 9. The quantitative estimate of drug-likeness (QED) is 0.0354. The van der Waals surface area contributed by atoms with E-state index in [-0.39, 0.29) is 44.2 Å². The van der Waals surface area contributed by atoms with Crippen LogP contribution in [-0.4, -0.2) is 147 Å². The molecule has 3 heterocycles. The lowest BCUT2D eigenvalue weighted by molar-refractivity contribution is -0.334. The van der Waals surface area contributed by atoms with Crippen LogP contribution in [0.5, 0.6) is 0 Å². The van der Waals surface area contributed by atoms with E-state index in [0.29, 0.717) is 18.0 Å². The van der Waals surface area contributed by atoms with Crippen LogP contribution in [0.4, 0.5) is 0 Å². The molecule has 2 aliphatic rings. The first kappa shape index (κ1) is 59.9. The van der Waals surface area contributed by atoms with E-state index >= 15 is 0 Å². The molecule has 3 rings (SSSR count). The van der Waals surface area contributed by atoms with E-state index in [4.69, 9.17) is 33.2 Å². The molecule has 19 nitrogen and oxygen atoms in total. The van der Waals surface area contributed by atoms with Gasteiger partial charge in [-0.15, -0.1) is 0 Å². The Morgan fingerprint density at radius 1 is 1.09 bits per heavy atom. The molecule has 1 spiro atoms. The molecule has 20 heteroatoms. The second-order valence-electron chi connectivity index (χ2n) is 19.2. The molecule has 0 aromatic carbocycles. The van der Waals surface area contributed by atoms with Crippen molar-refractivity contribution in [3.63, 3.8) is 0 Å². The van der Waals surface area contributed by atoms with Gasteiger partial charge >= 0.3 is 7.82 Å². The molecule has 9 N–H and O–H groups in total. The summed E-state index contributed by atoms with van der Waals surface area (Å²) in [5.74, 6) is -3.64. The summed E-state index contributed by atoms with van der Waals surface area (Å²) < 4.78 is 48.1. The highest BCUT2D eigenvalue weighted by molar-refractivity contribution is 7.46. The molecule has 2 fully saturated rings. The zero-order valence-electron chi connectivity index (χ0n) is 42.2. The number of methoxy groups -OCH3 is 2. The summed E-state index contributed by atoms with van der Waals surface area (Å²) in [6.07, 6.45) is 4.07. The normalized spacial score (nSPS) is 27.7. The molecule has 0 bridgehead atoms. The number of aliphatic hydroxyl groups excluding tert-OH is 5. The second-order valence-corrected chi connectivity index (χ2v) is 20.4. The lowest BCUT2D eigenvalue weighted by Crippen LogP contribution is -2.58. The van der Waals surface area contributed by atoms with Crippen molar-refractivity contribution in [1.29, 1.82) is 5.26 Å². The Morgan fingerprint density at radius 2 is 1.77 bits per heavy atom. The third kappa shape index (κ3) is 16.3. The summed E-state index contributed by atoms with van der Waals surface area (Å²) in [5, 5.41) is 69.5. The van der Waals surface area contributed by atoms with E-state index in [0.717, 1.165) is 16.7 Å². The van der Waals surface area contributed by atoms with Gasteiger partial charge in [0.15, 0.2) is 17.8 Å². The van der Waals surface area contributed by atoms with E-state index in [2.05, 4.69) is 15.6 Å². The molecule has 390 valence electrons. The zero-order valence-corrected chi connectivity index (χ0v) is 43.1. The van der Waals surface area contributed by atoms with Crippen molar-refractivity contribution in [3.05, 3.63) is 71.0 Å². The van der Waals surface area contributed by atoms with Crippen LogP contribution in [0.1, 0.15) is 105 Å². The number of hydrogen-bond acceptors (Lipinski definition) is 16. The standard InChI is InChI=1S/C49H79N4O15P/c1-28(19-21-50)15-13-16-29(2)31(4)23-32(5)41(56)34(7)37(54)24-40(64-12)44-45(68-69(60,61)62)48(8,9)49(67-44)25-38(55)33(6)39(66-49)18-14-17-35-26-65-47(53-35)30(3)20-22-52-46(59)43(58)42(57)36(51-10)27-63-11/h13-17,19,23,26,30,32-34,36-45,51,54-58H,18,20,22,24-25,27H2,1-12H3,(H,52,59)(H2,60,61,62)/b15-13+,17-14+,28-19-,29-16+,31-23+/t30-,32+,33-,34-,36-,37-,38+,39-,40-,41+,42-,43-,44+,45-,49+/m1/s1. The molecule has 2 aliphatic heterocycles. The van der Waals surface area contributed by atoms with Gasteiger partial charge in [-0.2, -0.15) is 5.26 Å². The van der Waals surface area contributed by atoms with Crippen molar-refractivity contribution >= 4 is 19.8 Å². The molecule has 0 unspecified atom stereocenters. The van der Waals surface area contributed by atoms with Crippen LogP contribution in [0.2, 0.25) is 0 Å². The van der Waals surface area contributed by atoms with Crippen LogP contribution in [-0.2, 0) is 32.8 Å². The fraction of sp³-hybridized carbons (Fsp3) is 0.694. The van der Waals surface area contributed by atoms with Crippen molar-refractivity contribution in [3.8, 4) is 6.07 Å². The Bertz CT molecular complexity index is 2040. The number of nitrogens with zero attached hydrogens (tertiary/aromatic N) is 2. The number of oxazole rings is 1. The summed E-state index contributed by atoms with van der Waals surface area (Å²) >= 11 is 0. The lowest BCUT2D eigenvalue weighted by atomic mass is 9.72. The number of phosphoric ester groups is 1. The Balaban J connectivity index is 1.74. The molecular weight excluding hydrogens is 916 g/mol.